The molecule has 0 aliphatic rings. The molecule has 0 amide bonds. The number of nitrogens with two attached hydrogens (primary N) is 1. The van der Waals surface area contributed by atoms with E-state index in [1.165, 1.54) is 19.3 Å². The molecule has 1 atom stereocenters. The van der Waals surface area contributed by atoms with Crippen LogP contribution in [-0.2, 0) is 16.0 Å². The lowest BCUT2D eigenvalue weighted by atomic mass is 10.00. The summed E-state index contributed by atoms with van der Waals surface area (Å²) in [5.41, 5.74) is 6.94. The number of carbonyl (C=O) groups is 1. The molecule has 4 aromatic rings. The number of aryl methyl sites for hydroxylation is 1. The Balaban J connectivity index is 1.78. The third-order valence-corrected chi connectivity index (χ3v) is 5.65. The first-order chi connectivity index (χ1) is 18.8. The first kappa shape index (κ1) is 27.0. The lowest BCUT2D eigenvalue weighted by Crippen LogP contribution is -2.18. The van der Waals surface area contributed by atoms with Crippen molar-refractivity contribution < 1.29 is 18.7 Å². The van der Waals surface area contributed by atoms with Gasteiger partial charge in [-0.25, -0.2) is 19.2 Å². The summed E-state index contributed by atoms with van der Waals surface area (Å²) < 4.78 is 27.4. The van der Waals surface area contributed by atoms with E-state index in [0.717, 1.165) is 10.2 Å². The summed E-state index contributed by atoms with van der Waals surface area (Å²) in [6, 6.07) is 10.5. The Kier molecular flexibility index (Phi) is 8.29. The second-order valence-corrected chi connectivity index (χ2v) is 8.38. The van der Waals surface area contributed by atoms with Gasteiger partial charge in [-0.15, -0.1) is 9.78 Å². The first-order valence-electron chi connectivity index (χ1n) is 12.0. The van der Waals surface area contributed by atoms with E-state index in [1.54, 1.807) is 42.5 Å². The first-order valence-corrected chi connectivity index (χ1v) is 12.0. The quantitative estimate of drug-likeness (QED) is 0.0975. The molecule has 0 aliphatic heterocycles. The number of aromatic amines is 1. The highest BCUT2D eigenvalue weighted by molar-refractivity contribution is 5.95. The number of aromatic nitrogens is 5. The average Bonchev–Trinajstić information content (AvgIpc) is 3.32. The summed E-state index contributed by atoms with van der Waals surface area (Å²) in [7, 11) is 0. The maximum absolute atomic E-state index is 15.9. The van der Waals surface area contributed by atoms with E-state index in [2.05, 4.69) is 25.4 Å². The minimum Gasteiger partial charge on any atom is -0.487 e. The Hall–Kier alpha value is -5.07. The van der Waals surface area contributed by atoms with Crippen molar-refractivity contribution in [1.29, 1.82) is 5.41 Å². The van der Waals surface area contributed by atoms with E-state index in [0.29, 0.717) is 17.7 Å². The van der Waals surface area contributed by atoms with Crippen molar-refractivity contribution in [3.8, 4) is 11.7 Å². The minimum atomic E-state index is -0.979. The number of benzene rings is 2. The predicted molar refractivity (Wildman–Crippen MR) is 141 cm³/mol. The molecule has 2 aromatic heterocycles. The molecule has 0 radical (unpaired) electrons. The third kappa shape index (κ3) is 6.44. The maximum atomic E-state index is 15.9. The maximum Gasteiger partial charge on any atom is 0.350 e. The van der Waals surface area contributed by atoms with Crippen LogP contribution in [0.3, 0.4) is 0 Å². The number of rotatable bonds is 11. The summed E-state index contributed by atoms with van der Waals surface area (Å²) in [4.78, 5) is 34.7. The summed E-state index contributed by atoms with van der Waals surface area (Å²) in [6.45, 7) is 3.09. The zero-order valence-electron chi connectivity index (χ0n) is 21.3. The van der Waals surface area contributed by atoms with Crippen LogP contribution in [0.5, 0.6) is 5.75 Å². The van der Waals surface area contributed by atoms with Crippen molar-refractivity contribution >= 4 is 17.5 Å². The van der Waals surface area contributed by atoms with Crippen LogP contribution in [0.4, 0.5) is 10.1 Å². The summed E-state index contributed by atoms with van der Waals surface area (Å²) >= 11 is 0. The molecule has 0 saturated heterocycles. The van der Waals surface area contributed by atoms with Crippen LogP contribution in [0.1, 0.15) is 42.4 Å². The molecule has 1 unspecified atom stereocenters. The van der Waals surface area contributed by atoms with E-state index in [9.17, 15) is 9.59 Å². The van der Waals surface area contributed by atoms with Crippen LogP contribution < -0.4 is 21.5 Å². The molecule has 202 valence electrons. The molecular weight excluding hydrogens is 507 g/mol. The Labute approximate surface area is 222 Å². The number of hydrogen-bond acceptors (Lipinski definition) is 9. The molecule has 0 fully saturated rings. The molecule has 5 N–H and O–H groups in total. The number of nitrogen functional groups attached to an aromatic ring is 1. The smallest absolute Gasteiger partial charge is 0.350 e. The van der Waals surface area contributed by atoms with Gasteiger partial charge in [0.05, 0.1) is 0 Å². The zero-order chi connectivity index (χ0) is 27.9. The molecule has 39 heavy (non-hydrogen) atoms. The van der Waals surface area contributed by atoms with E-state index in [1.807, 2.05) is 6.92 Å². The van der Waals surface area contributed by atoms with Crippen molar-refractivity contribution in [2.24, 2.45) is 5.73 Å². The Morgan fingerprint density at radius 1 is 1.21 bits per heavy atom. The molecule has 12 nitrogen and oxygen atoms in total. The van der Waals surface area contributed by atoms with Crippen molar-refractivity contribution in [1.82, 2.24) is 24.7 Å². The second kappa shape index (κ2) is 12.0. The van der Waals surface area contributed by atoms with E-state index in [-0.39, 0.29) is 42.1 Å². The van der Waals surface area contributed by atoms with Gasteiger partial charge in [0.15, 0.2) is 17.4 Å². The van der Waals surface area contributed by atoms with Gasteiger partial charge in [-0.05, 0) is 48.4 Å². The molecule has 0 spiro atoms. The number of halogens is 1. The summed E-state index contributed by atoms with van der Waals surface area (Å²) in [6.07, 6.45) is 3.51. The van der Waals surface area contributed by atoms with E-state index < -0.39 is 23.5 Å². The van der Waals surface area contributed by atoms with Crippen molar-refractivity contribution in [3.63, 3.8) is 0 Å². The van der Waals surface area contributed by atoms with E-state index in [4.69, 9.17) is 20.6 Å². The van der Waals surface area contributed by atoms with Gasteiger partial charge >= 0.3 is 11.7 Å². The Morgan fingerprint density at radius 2 is 1.92 bits per heavy atom. The number of esters is 1. The van der Waals surface area contributed by atoms with Gasteiger partial charge in [0, 0.05) is 36.1 Å². The molecule has 4 rings (SSSR count). The molecule has 0 aliphatic carbocycles. The van der Waals surface area contributed by atoms with Crippen molar-refractivity contribution in [2.45, 2.75) is 26.3 Å². The summed E-state index contributed by atoms with van der Waals surface area (Å²) in [5, 5.41) is 15.2. The van der Waals surface area contributed by atoms with Crippen LogP contribution in [0.25, 0.3) is 5.95 Å². The molecule has 0 bridgehead atoms. The van der Waals surface area contributed by atoms with Crippen LogP contribution in [0.15, 0.2) is 59.7 Å². The highest BCUT2D eigenvalue weighted by Gasteiger charge is 2.26. The largest absolute Gasteiger partial charge is 0.487 e. The molecule has 2 heterocycles. The number of anilines is 1. The average molecular weight is 535 g/mol. The van der Waals surface area contributed by atoms with Gasteiger partial charge in [-0.3, -0.25) is 15.2 Å². The standard InChI is InChI=1S/C26H27FN8O4/c1-3-16-13-19(21(27)20(14-16)39-12-11-38-15(2)36)22(32-18-7-5-17(6-8-18)23(28)29)24-33-26(37)35(34-24)25-30-9-4-10-31-25/h4-10,13-14,22,32H,3,11-12H2,1-2H3,(H3,28,29)(H,33,34,37). The number of carbonyl (C=O) groups excluding carboxylic acids is 1. The van der Waals surface area contributed by atoms with Crippen LogP contribution in [0, 0.1) is 11.2 Å². The van der Waals surface area contributed by atoms with Crippen LogP contribution >= 0.6 is 0 Å². The SMILES string of the molecule is CCc1cc(OCCOC(C)=O)c(F)c(C(Nc2ccc(C(=N)N)cc2)c2nn(-c3ncccn3)c(=O)[nH]2)c1. The van der Waals surface area contributed by atoms with Crippen LogP contribution in [0.2, 0.25) is 0 Å². The minimum absolute atomic E-state index is 0.0385. The fraction of sp³-hybridized carbons (Fsp3) is 0.231. The van der Waals surface area contributed by atoms with Gasteiger partial charge in [-0.1, -0.05) is 13.0 Å². The van der Waals surface area contributed by atoms with Gasteiger partial charge in [0.1, 0.15) is 25.1 Å². The zero-order valence-corrected chi connectivity index (χ0v) is 21.3. The number of hydrogen-bond donors (Lipinski definition) is 4. The predicted octanol–water partition coefficient (Wildman–Crippen LogP) is 2.48. The topological polar surface area (TPSA) is 174 Å². The Bertz CT molecular complexity index is 1520. The van der Waals surface area contributed by atoms with Crippen molar-refractivity contribution in [2.75, 3.05) is 18.5 Å². The molecular formula is C26H27FN8O4. The number of nitrogens with zero attached hydrogens (tertiary/aromatic N) is 4. The lowest BCUT2D eigenvalue weighted by molar-refractivity contribution is -0.141. The number of nitrogens with one attached hydrogen (secondary N) is 3. The van der Waals surface area contributed by atoms with Crippen molar-refractivity contribution in [3.05, 3.63) is 93.7 Å². The van der Waals surface area contributed by atoms with Gasteiger partial charge in [0.25, 0.3) is 5.95 Å². The third-order valence-electron chi connectivity index (χ3n) is 5.65. The monoisotopic (exact) mass is 534 g/mol. The van der Waals surface area contributed by atoms with Gasteiger partial charge < -0.3 is 20.5 Å². The number of amidine groups is 1. The summed E-state index contributed by atoms with van der Waals surface area (Å²) in [5.74, 6) is -1.14. The fourth-order valence-electron chi connectivity index (χ4n) is 3.75. The van der Waals surface area contributed by atoms with Gasteiger partial charge in [-0.2, -0.15) is 0 Å². The lowest BCUT2D eigenvalue weighted by Gasteiger charge is -2.21. The molecule has 0 saturated carbocycles. The number of H-pyrrole nitrogens is 1. The molecule has 2 aromatic carbocycles. The highest BCUT2D eigenvalue weighted by atomic mass is 19.1. The number of ether oxygens (including phenoxy) is 2. The molecule has 13 heteroatoms. The fourth-order valence-corrected chi connectivity index (χ4v) is 3.75. The van der Waals surface area contributed by atoms with E-state index >= 15 is 4.39 Å². The van der Waals surface area contributed by atoms with Crippen LogP contribution in [-0.4, -0.2) is 49.8 Å². The second-order valence-electron chi connectivity index (χ2n) is 8.38. The highest BCUT2D eigenvalue weighted by Crippen LogP contribution is 2.32. The normalized spacial score (nSPS) is 11.6. The van der Waals surface area contributed by atoms with Gasteiger partial charge in [0.2, 0.25) is 0 Å². The Morgan fingerprint density at radius 3 is 2.56 bits per heavy atom.